The summed E-state index contributed by atoms with van der Waals surface area (Å²) in [5.74, 6) is 0. The molecule has 0 aliphatic carbocycles. The van der Waals surface area contributed by atoms with Crippen LogP contribution in [-0.4, -0.2) is 9.97 Å². The van der Waals surface area contributed by atoms with Gasteiger partial charge in [-0.25, -0.2) is 0 Å². The van der Waals surface area contributed by atoms with E-state index < -0.39 is 0 Å². The molecule has 3 heterocycles. The van der Waals surface area contributed by atoms with Gasteiger partial charge in [0.25, 0.3) is 0 Å². The van der Waals surface area contributed by atoms with Gasteiger partial charge in [0.2, 0.25) is 0 Å². The Morgan fingerprint density at radius 1 is 0.640 bits per heavy atom. The molecule has 0 atom stereocenters. The third kappa shape index (κ3) is 3.52. The van der Waals surface area contributed by atoms with Crippen LogP contribution in [0.25, 0.3) is 16.7 Å². The smallest absolute Gasteiger partial charge is 0.122 e. The lowest BCUT2D eigenvalue weighted by molar-refractivity contribution is 1.25. The molecule has 3 nitrogen and oxygen atoms in total. The third-order valence-corrected chi connectivity index (χ3v) is 3.74. The van der Waals surface area contributed by atoms with Crippen LogP contribution in [-0.2, 0) is 0 Å². The maximum absolute atomic E-state index is 4.75. The quantitative estimate of drug-likeness (QED) is 0.635. The zero-order chi connectivity index (χ0) is 16.9. The van der Waals surface area contributed by atoms with Crippen LogP contribution < -0.4 is 0 Å². The number of benzene rings is 1. The van der Waals surface area contributed by atoms with Gasteiger partial charge in [0.05, 0.1) is 11.4 Å². The molecule has 2 aromatic heterocycles. The maximum Gasteiger partial charge on any atom is 0.122 e. The van der Waals surface area contributed by atoms with Gasteiger partial charge in [-0.3, -0.25) is 9.97 Å². The van der Waals surface area contributed by atoms with Gasteiger partial charge in [0.1, 0.15) is 11.1 Å². The summed E-state index contributed by atoms with van der Waals surface area (Å²) in [6.07, 6.45) is 11.0. The van der Waals surface area contributed by atoms with Crippen molar-refractivity contribution in [3.8, 4) is 0 Å². The summed E-state index contributed by atoms with van der Waals surface area (Å²) in [6, 6.07) is 21.7. The van der Waals surface area contributed by atoms with Gasteiger partial charge in [-0.05, 0) is 42.5 Å². The van der Waals surface area contributed by atoms with Crippen LogP contribution in [0.1, 0.15) is 17.0 Å². The first kappa shape index (κ1) is 15.0. The zero-order valence-electron chi connectivity index (χ0n) is 13.5. The number of nitrogens with zero attached hydrogens (tertiary/aromatic N) is 3. The second kappa shape index (κ2) is 6.91. The summed E-state index contributed by atoms with van der Waals surface area (Å²) >= 11 is 0. The van der Waals surface area contributed by atoms with E-state index in [1.807, 2.05) is 78.9 Å². The van der Waals surface area contributed by atoms with E-state index in [4.69, 9.17) is 5.32 Å². The van der Waals surface area contributed by atoms with E-state index in [9.17, 15) is 0 Å². The van der Waals surface area contributed by atoms with Crippen molar-refractivity contribution in [1.82, 2.24) is 9.97 Å². The molecule has 1 aliphatic heterocycles. The minimum Gasteiger partial charge on any atom is -0.641 e. The van der Waals surface area contributed by atoms with Crippen molar-refractivity contribution < 1.29 is 0 Å². The topological polar surface area (TPSA) is 39.9 Å². The molecule has 0 spiro atoms. The van der Waals surface area contributed by atoms with Crippen LogP contribution in [0.2, 0.25) is 0 Å². The predicted octanol–water partition coefficient (Wildman–Crippen LogP) is 5.02. The van der Waals surface area contributed by atoms with Crippen LogP contribution in [0, 0.1) is 6.08 Å². The maximum atomic E-state index is 4.75. The van der Waals surface area contributed by atoms with Crippen molar-refractivity contribution in [2.45, 2.75) is 0 Å². The van der Waals surface area contributed by atoms with E-state index in [-0.39, 0.29) is 0 Å². The number of pyridine rings is 2. The normalized spacial score (nSPS) is 13.4. The molecule has 0 amide bonds. The van der Waals surface area contributed by atoms with Crippen molar-refractivity contribution in [3.63, 3.8) is 0 Å². The Morgan fingerprint density at radius 2 is 1.20 bits per heavy atom. The number of hydrogen-bond acceptors (Lipinski definition) is 2. The van der Waals surface area contributed by atoms with Crippen molar-refractivity contribution >= 4 is 11.4 Å². The van der Waals surface area contributed by atoms with Crippen LogP contribution in [0.4, 0.5) is 0 Å². The van der Waals surface area contributed by atoms with E-state index >= 15 is 0 Å². The Bertz CT molecular complexity index is 883. The molecule has 1 aromatic carbocycles. The van der Waals surface area contributed by atoms with E-state index in [2.05, 4.69) is 16.0 Å². The minimum atomic E-state index is 0.808. The van der Waals surface area contributed by atoms with Crippen LogP contribution in [0.5, 0.6) is 0 Å². The fraction of sp³-hybridized carbons (Fsp3) is 0. The largest absolute Gasteiger partial charge is 0.641 e. The first-order valence-electron chi connectivity index (χ1n) is 8.05. The van der Waals surface area contributed by atoms with Crippen LogP contribution in [0.15, 0.2) is 96.8 Å². The SMILES string of the molecule is [C+](=C1C=C(c2ccccn2)[N-]C(c2ccccn2)=C1)c1ccccc1. The fourth-order valence-corrected chi connectivity index (χ4v) is 2.58. The first-order valence-corrected chi connectivity index (χ1v) is 8.05. The molecule has 0 radical (unpaired) electrons. The molecule has 0 unspecified atom stereocenters. The van der Waals surface area contributed by atoms with Gasteiger partial charge in [0.15, 0.2) is 0 Å². The molecule has 0 saturated carbocycles. The highest BCUT2D eigenvalue weighted by Crippen LogP contribution is 2.35. The van der Waals surface area contributed by atoms with Crippen LogP contribution in [0.3, 0.4) is 0 Å². The number of allylic oxidation sites excluding steroid dienone is 3. The molecular weight excluding hydrogens is 306 g/mol. The highest BCUT2D eigenvalue weighted by atomic mass is 15.0. The highest BCUT2D eigenvalue weighted by Gasteiger charge is 2.10. The monoisotopic (exact) mass is 321 g/mol. The van der Waals surface area contributed by atoms with E-state index in [0.717, 1.165) is 33.9 Å². The Hall–Kier alpha value is -3.55. The van der Waals surface area contributed by atoms with Gasteiger partial charge >= 0.3 is 0 Å². The average molecular weight is 321 g/mol. The van der Waals surface area contributed by atoms with Gasteiger partial charge in [-0.1, -0.05) is 23.5 Å². The lowest BCUT2D eigenvalue weighted by Crippen LogP contribution is -1.98. The Kier molecular flexibility index (Phi) is 4.15. The lowest BCUT2D eigenvalue weighted by atomic mass is 10.0. The summed E-state index contributed by atoms with van der Waals surface area (Å²) in [5.41, 5.74) is 5.24. The summed E-state index contributed by atoms with van der Waals surface area (Å²) in [6.45, 7) is 0. The van der Waals surface area contributed by atoms with E-state index in [1.54, 1.807) is 12.4 Å². The Balaban J connectivity index is 1.78. The van der Waals surface area contributed by atoms with E-state index in [1.165, 1.54) is 0 Å². The summed E-state index contributed by atoms with van der Waals surface area (Å²) in [5, 5.41) is 4.75. The summed E-state index contributed by atoms with van der Waals surface area (Å²) in [4.78, 5) is 8.84. The molecule has 118 valence electrons. The Labute approximate surface area is 147 Å². The molecule has 3 aromatic rings. The fourth-order valence-electron chi connectivity index (χ4n) is 2.58. The second-order valence-corrected chi connectivity index (χ2v) is 5.55. The van der Waals surface area contributed by atoms with Crippen molar-refractivity contribution in [2.24, 2.45) is 0 Å². The number of rotatable bonds is 3. The molecule has 1 aliphatic rings. The molecule has 0 bridgehead atoms. The molecule has 25 heavy (non-hydrogen) atoms. The molecular formula is C22H15N3. The summed E-state index contributed by atoms with van der Waals surface area (Å²) < 4.78 is 0. The standard InChI is InChI=1S/C22H15N3/c1-2-8-17(9-3-1)14-18-15-21(19-10-4-6-12-23-19)25-22(16-18)20-11-5-7-13-24-20/h1-13,15-16H. The average Bonchev–Trinajstić information content (AvgIpc) is 2.70. The molecule has 4 rings (SSSR count). The van der Waals surface area contributed by atoms with Gasteiger partial charge in [0, 0.05) is 42.8 Å². The number of hydrogen-bond donors (Lipinski definition) is 0. The predicted molar refractivity (Wildman–Crippen MR) is 100 cm³/mol. The third-order valence-electron chi connectivity index (χ3n) is 3.74. The first-order chi connectivity index (χ1) is 12.4. The lowest BCUT2D eigenvalue weighted by Gasteiger charge is -2.29. The van der Waals surface area contributed by atoms with Crippen molar-refractivity contribution in [1.29, 1.82) is 0 Å². The second-order valence-electron chi connectivity index (χ2n) is 5.55. The summed E-state index contributed by atoms with van der Waals surface area (Å²) in [7, 11) is 0. The van der Waals surface area contributed by atoms with E-state index in [0.29, 0.717) is 0 Å². The van der Waals surface area contributed by atoms with Crippen molar-refractivity contribution in [2.75, 3.05) is 0 Å². The molecule has 0 saturated heterocycles. The zero-order valence-corrected chi connectivity index (χ0v) is 13.5. The molecule has 3 heteroatoms. The highest BCUT2D eigenvalue weighted by molar-refractivity contribution is 5.94. The Morgan fingerprint density at radius 3 is 1.72 bits per heavy atom. The van der Waals surface area contributed by atoms with Gasteiger partial charge < -0.3 is 5.32 Å². The molecule has 0 fully saturated rings. The van der Waals surface area contributed by atoms with Gasteiger partial charge in [-0.15, -0.1) is 0 Å². The van der Waals surface area contributed by atoms with Gasteiger partial charge in [-0.2, -0.15) is 0 Å². The molecule has 0 N–H and O–H groups in total. The minimum absolute atomic E-state index is 0.808. The van der Waals surface area contributed by atoms with Crippen molar-refractivity contribution in [3.05, 3.63) is 125 Å². The number of aromatic nitrogens is 2. The van der Waals surface area contributed by atoms with Crippen LogP contribution >= 0.6 is 0 Å².